The lowest BCUT2D eigenvalue weighted by Gasteiger charge is -2.23. The number of anilines is 4. The molecule has 0 unspecified atom stereocenters. The van der Waals surface area contributed by atoms with E-state index in [1.54, 1.807) is 43.3 Å². The Hall–Kier alpha value is -3.50. The predicted octanol–water partition coefficient (Wildman–Crippen LogP) is 5.04. The van der Waals surface area contributed by atoms with Crippen LogP contribution in [-0.2, 0) is 12.8 Å². The molecule has 0 bridgehead atoms. The number of hydrogen-bond donors (Lipinski definition) is 3. The van der Waals surface area contributed by atoms with E-state index in [0.717, 1.165) is 18.1 Å². The first-order valence-electron chi connectivity index (χ1n) is 11.8. The summed E-state index contributed by atoms with van der Waals surface area (Å²) < 4.78 is 32.7. The monoisotopic (exact) mass is 530 g/mol. The van der Waals surface area contributed by atoms with Crippen molar-refractivity contribution >= 4 is 40.6 Å². The number of fused-ring (bicyclic) bond motifs is 1. The Balaban J connectivity index is 1.57. The van der Waals surface area contributed by atoms with Crippen LogP contribution in [0, 0.1) is 0 Å². The zero-order chi connectivity index (χ0) is 26.6. The van der Waals surface area contributed by atoms with Gasteiger partial charge in [0.1, 0.15) is 10.8 Å². The van der Waals surface area contributed by atoms with Crippen molar-refractivity contribution < 1.29 is 18.3 Å². The number of alkyl halides is 2. The summed E-state index contributed by atoms with van der Waals surface area (Å²) in [7, 11) is 3.13. The maximum Gasteiger partial charge on any atom is 0.257 e. The van der Waals surface area contributed by atoms with E-state index >= 15 is 0 Å². The third-order valence-corrected chi connectivity index (χ3v) is 6.34. The first-order chi connectivity index (χ1) is 17.7. The molecule has 3 N–H and O–H groups in total. The third kappa shape index (κ3) is 6.64. The molecule has 1 aliphatic rings. The highest BCUT2D eigenvalue weighted by Crippen LogP contribution is 2.33. The van der Waals surface area contributed by atoms with Crippen molar-refractivity contribution in [1.29, 1.82) is 0 Å². The van der Waals surface area contributed by atoms with E-state index in [1.807, 2.05) is 12.1 Å². The van der Waals surface area contributed by atoms with Gasteiger partial charge >= 0.3 is 0 Å². The predicted molar refractivity (Wildman–Crippen MR) is 141 cm³/mol. The summed E-state index contributed by atoms with van der Waals surface area (Å²) in [5.41, 5.74) is 3.75. The summed E-state index contributed by atoms with van der Waals surface area (Å²) in [4.78, 5) is 22.8. The van der Waals surface area contributed by atoms with Crippen molar-refractivity contribution in [3.8, 4) is 5.75 Å². The number of nitrogens with zero attached hydrogens (tertiary/aromatic N) is 3. The fourth-order valence-corrected chi connectivity index (χ4v) is 4.44. The number of carbonyl (C=O) groups is 1. The van der Waals surface area contributed by atoms with Crippen LogP contribution in [0.3, 0.4) is 0 Å². The topological polar surface area (TPSA) is 91.4 Å². The molecule has 1 amide bonds. The minimum absolute atomic E-state index is 0.248. The number of hydrogen-bond acceptors (Lipinski definition) is 7. The molecule has 11 heteroatoms. The SMILES string of the molecule is CNC(=O)c1ccccc1Nc1nc(Nc2cc3c(cc2OC)CCN(CC(C)(F)F)CC3)ncc1Cl. The van der Waals surface area contributed by atoms with E-state index in [9.17, 15) is 13.6 Å². The number of para-hydroxylation sites is 1. The van der Waals surface area contributed by atoms with Gasteiger partial charge < -0.3 is 20.7 Å². The lowest BCUT2D eigenvalue weighted by molar-refractivity contribution is -0.0133. The Morgan fingerprint density at radius 3 is 2.51 bits per heavy atom. The van der Waals surface area contributed by atoms with Crippen LogP contribution in [-0.4, -0.2) is 60.5 Å². The van der Waals surface area contributed by atoms with Crippen molar-refractivity contribution in [1.82, 2.24) is 20.2 Å². The Bertz CT molecular complexity index is 1280. The first-order valence-corrected chi connectivity index (χ1v) is 12.2. The number of ether oxygens (including phenoxy) is 1. The zero-order valence-electron chi connectivity index (χ0n) is 20.9. The molecule has 0 fully saturated rings. The normalized spacial score (nSPS) is 13.9. The van der Waals surface area contributed by atoms with Gasteiger partial charge in [0.05, 0.1) is 36.8 Å². The van der Waals surface area contributed by atoms with E-state index in [1.165, 1.54) is 6.20 Å². The van der Waals surface area contributed by atoms with Gasteiger partial charge in [-0.05, 0) is 48.2 Å². The summed E-state index contributed by atoms with van der Waals surface area (Å²) in [6.45, 7) is 1.78. The van der Waals surface area contributed by atoms with Crippen LogP contribution in [0.2, 0.25) is 5.02 Å². The highest BCUT2D eigenvalue weighted by Gasteiger charge is 2.27. The molecule has 0 radical (unpaired) electrons. The van der Waals surface area contributed by atoms with E-state index in [4.69, 9.17) is 16.3 Å². The number of methoxy groups -OCH3 is 1. The Morgan fingerprint density at radius 1 is 1.14 bits per heavy atom. The highest BCUT2D eigenvalue weighted by molar-refractivity contribution is 6.33. The van der Waals surface area contributed by atoms with Gasteiger partial charge in [-0.25, -0.2) is 13.8 Å². The minimum Gasteiger partial charge on any atom is -0.495 e. The standard InChI is InChI=1S/C26H29ClF2N6O2/c1-26(28,29)15-35-10-8-16-12-21(22(37-3)13-17(16)9-11-35)33-25-31-14-19(27)23(34-25)32-20-7-5-4-6-18(20)24(36)30-2/h4-7,12-14H,8-11,15H2,1-3H3,(H,30,36)(H2,31,32,33,34). The van der Waals surface area contributed by atoms with Crippen molar-refractivity contribution in [2.24, 2.45) is 0 Å². The first kappa shape index (κ1) is 26.6. The summed E-state index contributed by atoms with van der Waals surface area (Å²) in [5.74, 6) is -1.81. The van der Waals surface area contributed by atoms with Crippen molar-refractivity contribution in [2.45, 2.75) is 25.7 Å². The van der Waals surface area contributed by atoms with Gasteiger partial charge in [0.2, 0.25) is 5.95 Å². The van der Waals surface area contributed by atoms with Crippen LogP contribution in [0.15, 0.2) is 42.6 Å². The molecule has 196 valence electrons. The van der Waals surface area contributed by atoms with Gasteiger partial charge in [-0.1, -0.05) is 23.7 Å². The van der Waals surface area contributed by atoms with E-state index in [-0.39, 0.29) is 23.4 Å². The molecule has 2 aromatic carbocycles. The van der Waals surface area contributed by atoms with E-state index in [0.29, 0.717) is 54.4 Å². The van der Waals surface area contributed by atoms with Crippen molar-refractivity contribution in [3.63, 3.8) is 0 Å². The van der Waals surface area contributed by atoms with Crippen molar-refractivity contribution in [3.05, 3.63) is 64.3 Å². The van der Waals surface area contributed by atoms with Gasteiger partial charge in [0, 0.05) is 27.1 Å². The summed E-state index contributed by atoms with van der Waals surface area (Å²) >= 11 is 6.35. The number of benzene rings is 2. The Morgan fingerprint density at radius 2 is 1.84 bits per heavy atom. The largest absolute Gasteiger partial charge is 0.495 e. The summed E-state index contributed by atoms with van der Waals surface area (Å²) in [5, 5.41) is 9.18. The maximum atomic E-state index is 13.6. The zero-order valence-corrected chi connectivity index (χ0v) is 21.6. The summed E-state index contributed by atoms with van der Waals surface area (Å²) in [6.07, 6.45) is 2.74. The van der Waals surface area contributed by atoms with Gasteiger partial charge in [0.25, 0.3) is 11.8 Å². The fourth-order valence-electron chi connectivity index (χ4n) is 4.31. The van der Waals surface area contributed by atoms with Crippen LogP contribution in [0.1, 0.15) is 28.4 Å². The molecule has 37 heavy (non-hydrogen) atoms. The lowest BCUT2D eigenvalue weighted by Crippen LogP contribution is -2.36. The number of halogens is 3. The second kappa shape index (κ2) is 11.3. The molecule has 0 atom stereocenters. The highest BCUT2D eigenvalue weighted by atomic mass is 35.5. The van der Waals surface area contributed by atoms with Crippen molar-refractivity contribution in [2.75, 3.05) is 44.4 Å². The van der Waals surface area contributed by atoms with Crippen LogP contribution in [0.5, 0.6) is 5.75 Å². The fraction of sp³-hybridized carbons (Fsp3) is 0.346. The third-order valence-electron chi connectivity index (χ3n) is 6.06. The van der Waals surface area contributed by atoms with Gasteiger partial charge in [-0.3, -0.25) is 9.69 Å². The molecule has 4 rings (SSSR count). The molecule has 2 heterocycles. The Labute approximate surface area is 219 Å². The van der Waals surface area contributed by atoms with Gasteiger partial charge in [-0.2, -0.15) is 4.98 Å². The molecule has 8 nitrogen and oxygen atoms in total. The Kier molecular flexibility index (Phi) is 8.09. The molecule has 0 saturated heterocycles. The molecular weight excluding hydrogens is 502 g/mol. The van der Waals surface area contributed by atoms with Gasteiger partial charge in [-0.15, -0.1) is 0 Å². The molecular formula is C26H29ClF2N6O2. The minimum atomic E-state index is -2.74. The van der Waals surface area contributed by atoms with E-state index < -0.39 is 5.92 Å². The molecule has 0 saturated carbocycles. The molecule has 1 aliphatic heterocycles. The lowest BCUT2D eigenvalue weighted by atomic mass is 10.0. The van der Waals surface area contributed by atoms with Crippen LogP contribution in [0.4, 0.5) is 31.9 Å². The number of amides is 1. The maximum absolute atomic E-state index is 13.6. The average molecular weight is 531 g/mol. The molecule has 1 aromatic heterocycles. The molecule has 0 spiro atoms. The van der Waals surface area contributed by atoms with Crippen LogP contribution < -0.4 is 20.7 Å². The van der Waals surface area contributed by atoms with E-state index in [2.05, 4.69) is 25.9 Å². The second-order valence-corrected chi connectivity index (χ2v) is 9.34. The molecule has 0 aliphatic carbocycles. The number of nitrogens with one attached hydrogen (secondary N) is 3. The molecule has 3 aromatic rings. The van der Waals surface area contributed by atoms with Crippen LogP contribution in [0.25, 0.3) is 0 Å². The van der Waals surface area contributed by atoms with Gasteiger partial charge in [0.15, 0.2) is 5.82 Å². The average Bonchev–Trinajstić information content (AvgIpc) is 3.06. The summed E-state index contributed by atoms with van der Waals surface area (Å²) in [6, 6.07) is 10.9. The number of aromatic nitrogens is 2. The number of rotatable bonds is 8. The number of carbonyl (C=O) groups excluding carboxylic acids is 1. The van der Waals surface area contributed by atoms with Crippen LogP contribution >= 0.6 is 11.6 Å². The smallest absolute Gasteiger partial charge is 0.257 e. The second-order valence-electron chi connectivity index (χ2n) is 8.93. The quantitative estimate of drug-likeness (QED) is 0.376.